The van der Waals surface area contributed by atoms with Gasteiger partial charge in [0, 0.05) is 11.8 Å². The summed E-state index contributed by atoms with van der Waals surface area (Å²) in [6.07, 6.45) is 0.144. The van der Waals surface area contributed by atoms with Gasteiger partial charge in [0.05, 0.1) is 10.5 Å². The predicted octanol–water partition coefficient (Wildman–Crippen LogP) is 3.44. The maximum absolute atomic E-state index is 12.6. The molecule has 0 radical (unpaired) electrons. The van der Waals surface area contributed by atoms with E-state index >= 15 is 0 Å². The number of ether oxygens (including phenoxy) is 1. The highest BCUT2D eigenvalue weighted by atomic mass is 32.2. The highest BCUT2D eigenvalue weighted by molar-refractivity contribution is 7.90. The first-order valence-corrected chi connectivity index (χ1v) is 10.0. The van der Waals surface area contributed by atoms with Crippen molar-refractivity contribution in [2.75, 3.05) is 6.26 Å². The minimum Gasteiger partial charge on any atom is -0.451 e. The topological polar surface area (TPSA) is 77.5 Å². The summed E-state index contributed by atoms with van der Waals surface area (Å²) in [5.41, 5.74) is 3.64. The highest BCUT2D eigenvalue weighted by Crippen LogP contribution is 2.19. The molecule has 26 heavy (non-hydrogen) atoms. The molecule has 0 aliphatic heterocycles. The Kier molecular flexibility index (Phi) is 5.66. The van der Waals surface area contributed by atoms with Gasteiger partial charge in [-0.15, -0.1) is 0 Å². The van der Waals surface area contributed by atoms with Crippen LogP contribution in [0, 0.1) is 20.8 Å². The van der Waals surface area contributed by atoms with Gasteiger partial charge in [-0.25, -0.2) is 13.2 Å². The number of Topliss-reactive ketones (excluding diaryl/α,β-unsaturated/α-hetero) is 1. The largest absolute Gasteiger partial charge is 0.451 e. The van der Waals surface area contributed by atoms with Gasteiger partial charge in [0.2, 0.25) is 5.78 Å². The number of ketones is 1. The van der Waals surface area contributed by atoms with Gasteiger partial charge in [-0.05, 0) is 74.7 Å². The Balaban J connectivity index is 2.16. The van der Waals surface area contributed by atoms with Crippen molar-refractivity contribution in [1.82, 2.24) is 0 Å². The van der Waals surface area contributed by atoms with E-state index in [1.165, 1.54) is 31.2 Å². The summed E-state index contributed by atoms with van der Waals surface area (Å²) in [4.78, 5) is 25.0. The monoisotopic (exact) mass is 374 g/mol. The van der Waals surface area contributed by atoms with Gasteiger partial charge in [0.25, 0.3) is 0 Å². The van der Waals surface area contributed by atoms with Crippen LogP contribution in [0.1, 0.15) is 44.3 Å². The van der Waals surface area contributed by atoms with E-state index in [2.05, 4.69) is 0 Å². The van der Waals surface area contributed by atoms with Crippen molar-refractivity contribution >= 4 is 21.6 Å². The molecule has 2 rings (SSSR count). The number of rotatable bonds is 5. The first kappa shape index (κ1) is 19.8. The third-order valence-electron chi connectivity index (χ3n) is 4.28. The van der Waals surface area contributed by atoms with E-state index in [4.69, 9.17) is 4.74 Å². The van der Waals surface area contributed by atoms with Gasteiger partial charge >= 0.3 is 5.97 Å². The molecule has 0 heterocycles. The maximum Gasteiger partial charge on any atom is 0.338 e. The number of carbonyl (C=O) groups is 2. The van der Waals surface area contributed by atoms with E-state index in [1.807, 2.05) is 26.8 Å². The summed E-state index contributed by atoms with van der Waals surface area (Å²) in [5, 5.41) is 0. The molecular weight excluding hydrogens is 352 g/mol. The minimum absolute atomic E-state index is 0.115. The molecule has 0 spiro atoms. The van der Waals surface area contributed by atoms with E-state index in [0.29, 0.717) is 5.56 Å². The van der Waals surface area contributed by atoms with Crippen LogP contribution in [0.25, 0.3) is 0 Å². The molecule has 6 heteroatoms. The molecule has 0 N–H and O–H groups in total. The second kappa shape index (κ2) is 7.41. The molecule has 0 aromatic heterocycles. The van der Waals surface area contributed by atoms with Crippen LogP contribution in [0.5, 0.6) is 0 Å². The Morgan fingerprint density at radius 2 is 1.46 bits per heavy atom. The first-order valence-electron chi connectivity index (χ1n) is 8.14. The number of esters is 1. The molecule has 2 aromatic rings. The zero-order chi connectivity index (χ0) is 19.6. The summed E-state index contributed by atoms with van der Waals surface area (Å²) in [7, 11) is -3.34. The van der Waals surface area contributed by atoms with Crippen molar-refractivity contribution in [2.45, 2.75) is 38.7 Å². The van der Waals surface area contributed by atoms with E-state index in [9.17, 15) is 18.0 Å². The molecule has 0 aliphatic carbocycles. The Morgan fingerprint density at radius 3 is 2.00 bits per heavy atom. The summed E-state index contributed by atoms with van der Waals surface area (Å²) >= 11 is 0. The molecule has 0 bridgehead atoms. The van der Waals surface area contributed by atoms with Crippen molar-refractivity contribution in [2.24, 2.45) is 0 Å². The second-order valence-corrected chi connectivity index (χ2v) is 8.48. The molecule has 0 fully saturated rings. The van der Waals surface area contributed by atoms with E-state index < -0.39 is 21.9 Å². The van der Waals surface area contributed by atoms with Gasteiger partial charge in [0.1, 0.15) is 0 Å². The predicted molar refractivity (Wildman–Crippen MR) is 99.4 cm³/mol. The van der Waals surface area contributed by atoms with Crippen LogP contribution in [0.2, 0.25) is 0 Å². The summed E-state index contributed by atoms with van der Waals surface area (Å²) in [5.74, 6) is -0.945. The SMILES string of the molecule is Cc1cc(C)c(C(=O)[C@@H](C)OC(=O)c2ccc(S(C)(=O)=O)cc2)cc1C. The lowest BCUT2D eigenvalue weighted by Crippen LogP contribution is -2.25. The average Bonchev–Trinajstić information content (AvgIpc) is 2.56. The van der Waals surface area contributed by atoms with E-state index in [1.54, 1.807) is 6.07 Å². The molecule has 0 saturated carbocycles. The third kappa shape index (κ3) is 4.38. The van der Waals surface area contributed by atoms with E-state index in [-0.39, 0.29) is 16.2 Å². The number of hydrogen-bond donors (Lipinski definition) is 0. The zero-order valence-corrected chi connectivity index (χ0v) is 16.3. The summed E-state index contributed by atoms with van der Waals surface area (Å²) in [6, 6.07) is 9.16. The Labute approximate surface area is 153 Å². The van der Waals surface area contributed by atoms with E-state index in [0.717, 1.165) is 22.9 Å². The van der Waals surface area contributed by atoms with Crippen molar-refractivity contribution < 1.29 is 22.7 Å². The van der Waals surface area contributed by atoms with Gasteiger partial charge < -0.3 is 4.74 Å². The van der Waals surface area contributed by atoms with Crippen LogP contribution in [-0.4, -0.2) is 32.5 Å². The van der Waals surface area contributed by atoms with Crippen LogP contribution in [-0.2, 0) is 14.6 Å². The normalized spacial score (nSPS) is 12.5. The van der Waals surface area contributed by atoms with Gasteiger partial charge in [-0.3, -0.25) is 4.79 Å². The molecule has 0 aliphatic rings. The van der Waals surface area contributed by atoms with Crippen molar-refractivity contribution in [3.63, 3.8) is 0 Å². The lowest BCUT2D eigenvalue weighted by molar-refractivity contribution is 0.0318. The number of aryl methyl sites for hydroxylation is 3. The Morgan fingerprint density at radius 1 is 0.923 bits per heavy atom. The van der Waals surface area contributed by atoms with Crippen LogP contribution in [0.3, 0.4) is 0 Å². The second-order valence-electron chi connectivity index (χ2n) is 6.46. The fourth-order valence-corrected chi connectivity index (χ4v) is 3.20. The quantitative estimate of drug-likeness (QED) is 0.592. The molecular formula is C20H22O5S. The van der Waals surface area contributed by atoms with Crippen molar-refractivity contribution in [3.8, 4) is 0 Å². The number of sulfone groups is 1. The fourth-order valence-electron chi connectivity index (χ4n) is 2.57. The lowest BCUT2D eigenvalue weighted by atomic mass is 9.96. The van der Waals surface area contributed by atoms with Crippen LogP contribution in [0.15, 0.2) is 41.3 Å². The smallest absolute Gasteiger partial charge is 0.338 e. The standard InChI is InChI=1S/C20H22O5S/c1-12-10-14(3)18(11-13(12)2)19(21)15(4)25-20(22)16-6-8-17(9-7-16)26(5,23)24/h6-11,15H,1-5H3/t15-/m1/s1. The van der Waals surface area contributed by atoms with Gasteiger partial charge in [0.15, 0.2) is 15.9 Å². The minimum atomic E-state index is -3.34. The van der Waals surface area contributed by atoms with Crippen molar-refractivity contribution in [3.05, 3.63) is 64.2 Å². The molecule has 0 amide bonds. The van der Waals surface area contributed by atoms with Gasteiger partial charge in [-0.2, -0.15) is 0 Å². The third-order valence-corrected chi connectivity index (χ3v) is 5.41. The maximum atomic E-state index is 12.6. The average molecular weight is 374 g/mol. The molecule has 5 nitrogen and oxygen atoms in total. The van der Waals surface area contributed by atoms with Gasteiger partial charge in [-0.1, -0.05) is 6.07 Å². The fraction of sp³-hybridized carbons (Fsp3) is 0.300. The highest BCUT2D eigenvalue weighted by Gasteiger charge is 2.22. The first-order chi connectivity index (χ1) is 12.0. The van der Waals surface area contributed by atoms with Crippen LogP contribution in [0.4, 0.5) is 0 Å². The van der Waals surface area contributed by atoms with Crippen molar-refractivity contribution in [1.29, 1.82) is 0 Å². The summed E-state index contributed by atoms with van der Waals surface area (Å²) < 4.78 is 28.2. The Bertz CT molecular complexity index is 956. The number of carbonyl (C=O) groups excluding carboxylic acids is 2. The molecule has 138 valence electrons. The lowest BCUT2D eigenvalue weighted by Gasteiger charge is -2.15. The van der Waals surface area contributed by atoms with Crippen LogP contribution >= 0.6 is 0 Å². The zero-order valence-electron chi connectivity index (χ0n) is 15.5. The number of hydrogen-bond acceptors (Lipinski definition) is 5. The molecule has 0 unspecified atom stereocenters. The van der Waals surface area contributed by atoms with Crippen LogP contribution < -0.4 is 0 Å². The Hall–Kier alpha value is -2.47. The summed E-state index contributed by atoms with van der Waals surface area (Å²) in [6.45, 7) is 7.27. The molecule has 0 saturated heterocycles. The molecule has 2 aromatic carbocycles. The molecule has 1 atom stereocenters. The number of benzene rings is 2.